The second-order valence-corrected chi connectivity index (χ2v) is 7.22. The van der Waals surface area contributed by atoms with Crippen molar-refractivity contribution in [1.82, 2.24) is 4.67 Å². The van der Waals surface area contributed by atoms with Gasteiger partial charge in [0.25, 0.3) is 7.52 Å². The molecular formula is C8H14Cl4NO2P. The van der Waals surface area contributed by atoms with Crippen LogP contribution in [0.25, 0.3) is 0 Å². The van der Waals surface area contributed by atoms with Crippen molar-refractivity contribution in [1.29, 1.82) is 0 Å². The third-order valence-electron chi connectivity index (χ3n) is 1.69. The van der Waals surface area contributed by atoms with Crippen molar-refractivity contribution < 1.29 is 9.09 Å². The van der Waals surface area contributed by atoms with Crippen molar-refractivity contribution in [3.63, 3.8) is 0 Å². The average Bonchev–Trinajstić information content (AvgIpc) is 2.25. The first-order valence-electron chi connectivity index (χ1n) is 4.50. The zero-order valence-electron chi connectivity index (χ0n) is 8.67. The summed E-state index contributed by atoms with van der Waals surface area (Å²) in [6, 6.07) is 0. The topological polar surface area (TPSA) is 29.5 Å². The van der Waals surface area contributed by atoms with Crippen LogP contribution in [0.3, 0.4) is 0 Å². The Balaban J connectivity index is 4.58. The summed E-state index contributed by atoms with van der Waals surface area (Å²) in [6.45, 7) is 4.23. The molecule has 0 radical (unpaired) electrons. The van der Waals surface area contributed by atoms with Crippen LogP contribution in [0, 0.1) is 0 Å². The predicted molar refractivity (Wildman–Crippen MR) is 72.3 cm³/mol. The summed E-state index contributed by atoms with van der Waals surface area (Å²) in [6.07, 6.45) is 0. The molecule has 0 aliphatic rings. The van der Waals surface area contributed by atoms with E-state index in [9.17, 15) is 4.57 Å². The number of halogens is 4. The fourth-order valence-corrected chi connectivity index (χ4v) is 3.96. The summed E-state index contributed by atoms with van der Waals surface area (Å²) in [7, 11) is -3.11. The van der Waals surface area contributed by atoms with Gasteiger partial charge in [-0.15, -0.1) is 34.8 Å². The summed E-state index contributed by atoms with van der Waals surface area (Å²) in [4.78, 5) is 0. The van der Waals surface area contributed by atoms with Crippen LogP contribution >= 0.6 is 53.9 Å². The van der Waals surface area contributed by atoms with Gasteiger partial charge in [-0.05, 0) is 0 Å². The molecule has 0 saturated carbocycles. The summed E-state index contributed by atoms with van der Waals surface area (Å²) < 4.78 is 19.1. The van der Waals surface area contributed by atoms with Crippen LogP contribution in [0.1, 0.15) is 0 Å². The van der Waals surface area contributed by atoms with Crippen molar-refractivity contribution in [3.05, 3.63) is 11.6 Å². The molecule has 0 N–H and O–H groups in total. The molecule has 0 bridgehead atoms. The van der Waals surface area contributed by atoms with E-state index in [0.29, 0.717) is 24.8 Å². The lowest BCUT2D eigenvalue weighted by atomic mass is 10.6. The Morgan fingerprint density at radius 1 is 1.25 bits per heavy atom. The smallest absolute Gasteiger partial charge is 0.287 e. The minimum atomic E-state index is -3.11. The van der Waals surface area contributed by atoms with Crippen molar-refractivity contribution in [2.24, 2.45) is 0 Å². The molecule has 0 spiro atoms. The Hall–Kier alpha value is 1.05. The summed E-state index contributed by atoms with van der Waals surface area (Å²) in [5.74, 6) is 0.645. The molecule has 96 valence electrons. The highest BCUT2D eigenvalue weighted by Crippen LogP contribution is 2.51. The SMILES string of the molecule is C=C(Cl)CO[P@@](=O)(CCl)N(CCCl)CCCl. The maximum Gasteiger partial charge on any atom is 0.287 e. The minimum Gasteiger partial charge on any atom is -0.311 e. The van der Waals surface area contributed by atoms with E-state index in [1.807, 2.05) is 0 Å². The van der Waals surface area contributed by atoms with Crippen LogP contribution in [-0.2, 0) is 9.09 Å². The fourth-order valence-electron chi connectivity index (χ4n) is 0.974. The molecule has 0 aromatic rings. The van der Waals surface area contributed by atoms with E-state index in [2.05, 4.69) is 6.58 Å². The van der Waals surface area contributed by atoms with Gasteiger partial charge >= 0.3 is 0 Å². The normalized spacial score (nSPS) is 15.1. The van der Waals surface area contributed by atoms with Gasteiger partial charge < -0.3 is 4.52 Å². The Morgan fingerprint density at radius 3 is 2.06 bits per heavy atom. The monoisotopic (exact) mass is 327 g/mol. The molecule has 16 heavy (non-hydrogen) atoms. The molecule has 1 atom stereocenters. The van der Waals surface area contributed by atoms with Gasteiger partial charge in [0.1, 0.15) is 5.62 Å². The third kappa shape index (κ3) is 6.11. The second kappa shape index (κ2) is 9.04. The minimum absolute atomic E-state index is 0.00732. The van der Waals surface area contributed by atoms with E-state index in [0.717, 1.165) is 0 Å². The zero-order chi connectivity index (χ0) is 12.6. The molecule has 8 heteroatoms. The highest BCUT2D eigenvalue weighted by atomic mass is 35.5. The lowest BCUT2D eigenvalue weighted by molar-refractivity contribution is 0.293. The summed E-state index contributed by atoms with van der Waals surface area (Å²) in [5, 5.41) is 0.266. The molecule has 0 fully saturated rings. The van der Waals surface area contributed by atoms with Crippen LogP contribution in [0.5, 0.6) is 0 Å². The molecule has 0 heterocycles. The Morgan fingerprint density at radius 2 is 1.75 bits per heavy atom. The average molecular weight is 329 g/mol. The lowest BCUT2D eigenvalue weighted by Crippen LogP contribution is -2.27. The van der Waals surface area contributed by atoms with Crippen molar-refractivity contribution in [2.45, 2.75) is 0 Å². The molecule has 0 rings (SSSR count). The predicted octanol–water partition coefficient (Wildman–Crippen LogP) is 3.92. The van der Waals surface area contributed by atoms with Crippen molar-refractivity contribution >= 4 is 53.9 Å². The van der Waals surface area contributed by atoms with Crippen LogP contribution in [0.4, 0.5) is 0 Å². The lowest BCUT2D eigenvalue weighted by Gasteiger charge is -2.28. The number of hydrogen-bond acceptors (Lipinski definition) is 2. The molecule has 3 nitrogen and oxygen atoms in total. The second-order valence-electron chi connectivity index (χ2n) is 2.88. The molecule has 0 aromatic heterocycles. The first kappa shape index (κ1) is 17.1. The molecular weight excluding hydrogens is 315 g/mol. The molecule has 0 unspecified atom stereocenters. The van der Waals surface area contributed by atoms with Gasteiger partial charge in [-0.3, -0.25) is 4.57 Å². The molecule has 0 aliphatic carbocycles. The number of nitrogens with zero attached hydrogens (tertiary/aromatic N) is 1. The molecule has 0 aliphatic heterocycles. The van der Waals surface area contributed by atoms with E-state index in [4.69, 9.17) is 50.9 Å². The van der Waals surface area contributed by atoms with Crippen LogP contribution in [0.2, 0.25) is 0 Å². The van der Waals surface area contributed by atoms with Crippen LogP contribution in [0.15, 0.2) is 11.6 Å². The standard InChI is InChI=1S/C8H14Cl4NO2P/c1-8(12)6-15-16(14,7-11)13(4-2-9)5-3-10/h1-7H2/t16-/m0/s1. The van der Waals surface area contributed by atoms with E-state index < -0.39 is 7.52 Å². The van der Waals surface area contributed by atoms with Gasteiger partial charge in [0.2, 0.25) is 0 Å². The van der Waals surface area contributed by atoms with E-state index in [1.54, 1.807) is 4.67 Å². The zero-order valence-corrected chi connectivity index (χ0v) is 12.6. The molecule has 0 aromatic carbocycles. The van der Waals surface area contributed by atoms with E-state index >= 15 is 0 Å². The van der Waals surface area contributed by atoms with E-state index in [-0.39, 0.29) is 17.3 Å². The first-order valence-corrected chi connectivity index (χ1v) is 8.24. The largest absolute Gasteiger partial charge is 0.311 e. The first-order chi connectivity index (χ1) is 7.50. The fraction of sp³-hybridized carbons (Fsp3) is 0.750. The summed E-state index contributed by atoms with van der Waals surface area (Å²) >= 11 is 22.4. The third-order valence-corrected chi connectivity index (χ3v) is 5.14. The van der Waals surface area contributed by atoms with Gasteiger partial charge in [-0.25, -0.2) is 4.67 Å². The maximum absolute atomic E-state index is 12.3. The Labute approximate surface area is 116 Å². The highest BCUT2D eigenvalue weighted by molar-refractivity contribution is 7.58. The quantitative estimate of drug-likeness (QED) is 0.474. The number of hydrogen-bond donors (Lipinski definition) is 0. The van der Waals surface area contributed by atoms with Crippen LogP contribution < -0.4 is 0 Å². The Kier molecular flexibility index (Phi) is 9.64. The number of rotatable bonds is 9. The number of alkyl halides is 3. The van der Waals surface area contributed by atoms with Gasteiger partial charge in [0, 0.05) is 29.9 Å². The maximum atomic E-state index is 12.3. The van der Waals surface area contributed by atoms with Gasteiger partial charge in [-0.1, -0.05) is 18.2 Å². The summed E-state index contributed by atoms with van der Waals surface area (Å²) in [5.41, 5.74) is -0.134. The van der Waals surface area contributed by atoms with Gasteiger partial charge in [-0.2, -0.15) is 0 Å². The Bertz CT molecular complexity index is 258. The van der Waals surface area contributed by atoms with Gasteiger partial charge in [0.05, 0.1) is 6.61 Å². The van der Waals surface area contributed by atoms with Crippen molar-refractivity contribution in [3.8, 4) is 0 Å². The highest BCUT2D eigenvalue weighted by Gasteiger charge is 2.30. The molecule has 0 saturated heterocycles. The van der Waals surface area contributed by atoms with Crippen LogP contribution in [-0.4, -0.2) is 41.7 Å². The van der Waals surface area contributed by atoms with Crippen molar-refractivity contribution in [2.75, 3.05) is 37.1 Å². The molecule has 0 amide bonds. The van der Waals surface area contributed by atoms with E-state index in [1.165, 1.54) is 0 Å². The van der Waals surface area contributed by atoms with Gasteiger partial charge in [0.15, 0.2) is 0 Å².